The molecule has 7 heteroatoms. The number of rotatable bonds is 4. The summed E-state index contributed by atoms with van der Waals surface area (Å²) in [5.74, 6) is -1.11. The Bertz CT molecular complexity index is 780. The normalized spacial score (nSPS) is 10.2. The van der Waals surface area contributed by atoms with E-state index in [9.17, 15) is 14.0 Å². The van der Waals surface area contributed by atoms with Gasteiger partial charge in [0.15, 0.2) is 6.61 Å². The molecule has 0 aliphatic carbocycles. The van der Waals surface area contributed by atoms with Crippen LogP contribution in [0.4, 0.5) is 4.39 Å². The lowest BCUT2D eigenvalue weighted by atomic mass is 10.1. The Morgan fingerprint density at radius 3 is 2.58 bits per heavy atom. The van der Waals surface area contributed by atoms with E-state index in [1.165, 1.54) is 12.1 Å². The molecule has 0 heterocycles. The average Bonchev–Trinajstić information content (AvgIpc) is 2.56. The molecule has 0 radical (unpaired) electrons. The third kappa shape index (κ3) is 4.79. The van der Waals surface area contributed by atoms with E-state index in [2.05, 4.69) is 26.8 Å². The molecule has 24 heavy (non-hydrogen) atoms. The van der Waals surface area contributed by atoms with Crippen molar-refractivity contribution in [1.82, 2.24) is 10.9 Å². The molecule has 0 unspecified atom stereocenters. The molecule has 2 N–H and O–H groups in total. The minimum absolute atomic E-state index is 0.0893. The Hall–Kier alpha value is -2.41. The fourth-order valence-electron chi connectivity index (χ4n) is 1.88. The second-order valence-corrected chi connectivity index (χ2v) is 6.04. The van der Waals surface area contributed by atoms with Crippen molar-refractivity contribution in [3.63, 3.8) is 0 Å². The second-order valence-electron chi connectivity index (χ2n) is 5.19. The number of hydrazine groups is 1. The number of carbonyl (C=O) groups is 2. The quantitative estimate of drug-likeness (QED) is 0.783. The van der Waals surface area contributed by atoms with Crippen molar-refractivity contribution in [3.05, 3.63) is 63.4 Å². The molecular formula is C17H16BrFN2O3. The molecule has 126 valence electrons. The van der Waals surface area contributed by atoms with E-state index in [-0.39, 0.29) is 16.6 Å². The van der Waals surface area contributed by atoms with Crippen LogP contribution in [-0.2, 0) is 4.79 Å². The van der Waals surface area contributed by atoms with Crippen LogP contribution in [0.1, 0.15) is 21.5 Å². The lowest BCUT2D eigenvalue weighted by molar-refractivity contribution is -0.123. The van der Waals surface area contributed by atoms with E-state index in [1.54, 1.807) is 0 Å². The molecule has 0 aliphatic rings. The van der Waals surface area contributed by atoms with Gasteiger partial charge in [0.2, 0.25) is 0 Å². The zero-order valence-electron chi connectivity index (χ0n) is 13.2. The maximum Gasteiger partial charge on any atom is 0.276 e. The molecule has 0 saturated heterocycles. The number of hydrogen-bond donors (Lipinski definition) is 2. The lowest BCUT2D eigenvalue weighted by Gasteiger charge is -2.11. The van der Waals surface area contributed by atoms with Crippen LogP contribution in [0.25, 0.3) is 0 Å². The van der Waals surface area contributed by atoms with E-state index < -0.39 is 17.6 Å². The van der Waals surface area contributed by atoms with Crippen LogP contribution >= 0.6 is 15.9 Å². The molecule has 2 amide bonds. The Labute approximate surface area is 147 Å². The number of amides is 2. The van der Waals surface area contributed by atoms with E-state index >= 15 is 0 Å². The van der Waals surface area contributed by atoms with Crippen LogP contribution < -0.4 is 15.6 Å². The summed E-state index contributed by atoms with van der Waals surface area (Å²) in [7, 11) is 0. The van der Waals surface area contributed by atoms with Gasteiger partial charge in [0.1, 0.15) is 11.6 Å². The Kier molecular flexibility index (Phi) is 5.92. The number of benzene rings is 2. The summed E-state index contributed by atoms with van der Waals surface area (Å²) in [6.07, 6.45) is 0. The summed E-state index contributed by atoms with van der Waals surface area (Å²) >= 11 is 3.00. The third-order valence-corrected chi connectivity index (χ3v) is 3.84. The molecule has 0 spiro atoms. The first-order chi connectivity index (χ1) is 11.4. The SMILES string of the molecule is Cc1ccc(C)c(OCC(=O)NNC(=O)c2ccc(Br)c(F)c2)c1. The summed E-state index contributed by atoms with van der Waals surface area (Å²) in [4.78, 5) is 23.6. The van der Waals surface area contributed by atoms with Crippen LogP contribution in [0.3, 0.4) is 0 Å². The van der Waals surface area contributed by atoms with Gasteiger partial charge in [-0.25, -0.2) is 4.39 Å². The lowest BCUT2D eigenvalue weighted by Crippen LogP contribution is -2.43. The molecule has 0 bridgehead atoms. The Morgan fingerprint density at radius 2 is 1.88 bits per heavy atom. The van der Waals surface area contributed by atoms with Crippen LogP contribution in [0.2, 0.25) is 0 Å². The van der Waals surface area contributed by atoms with Crippen molar-refractivity contribution in [2.24, 2.45) is 0 Å². The molecule has 0 fully saturated rings. The summed E-state index contributed by atoms with van der Waals surface area (Å²) in [6.45, 7) is 3.54. The van der Waals surface area contributed by atoms with Gasteiger partial charge in [0, 0.05) is 5.56 Å². The van der Waals surface area contributed by atoms with Gasteiger partial charge in [-0.15, -0.1) is 0 Å². The third-order valence-electron chi connectivity index (χ3n) is 3.20. The molecule has 0 aromatic heterocycles. The summed E-state index contributed by atoms with van der Waals surface area (Å²) in [6, 6.07) is 9.58. The summed E-state index contributed by atoms with van der Waals surface area (Å²) < 4.78 is 19.1. The molecule has 2 aromatic rings. The van der Waals surface area contributed by atoms with Gasteiger partial charge in [-0.3, -0.25) is 20.4 Å². The first-order valence-corrected chi connectivity index (χ1v) is 7.90. The van der Waals surface area contributed by atoms with E-state index in [0.717, 1.165) is 17.2 Å². The van der Waals surface area contributed by atoms with Crippen molar-refractivity contribution in [2.45, 2.75) is 13.8 Å². The van der Waals surface area contributed by atoms with Gasteiger partial charge < -0.3 is 4.74 Å². The minimum atomic E-state index is -0.624. The Balaban J connectivity index is 1.85. The highest BCUT2D eigenvalue weighted by atomic mass is 79.9. The van der Waals surface area contributed by atoms with Crippen molar-refractivity contribution >= 4 is 27.7 Å². The standard InChI is InChI=1S/C17H16BrFN2O3/c1-10-3-4-11(2)15(7-10)24-9-16(22)20-21-17(23)12-5-6-13(18)14(19)8-12/h3-8H,9H2,1-2H3,(H,20,22)(H,21,23). The van der Waals surface area contributed by atoms with Gasteiger partial charge >= 0.3 is 0 Å². The number of aryl methyl sites for hydroxylation is 2. The molecule has 5 nitrogen and oxygen atoms in total. The largest absolute Gasteiger partial charge is 0.483 e. The number of halogens is 2. The zero-order chi connectivity index (χ0) is 17.7. The number of ether oxygens (including phenoxy) is 1. The smallest absolute Gasteiger partial charge is 0.276 e. The van der Waals surface area contributed by atoms with Gasteiger partial charge in [0.25, 0.3) is 11.8 Å². The first-order valence-electron chi connectivity index (χ1n) is 7.11. The molecular weight excluding hydrogens is 379 g/mol. The number of hydrogen-bond acceptors (Lipinski definition) is 3. The second kappa shape index (κ2) is 7.92. The van der Waals surface area contributed by atoms with Crippen molar-refractivity contribution in [1.29, 1.82) is 0 Å². The van der Waals surface area contributed by atoms with E-state index in [4.69, 9.17) is 4.74 Å². The van der Waals surface area contributed by atoms with Crippen molar-refractivity contribution < 1.29 is 18.7 Å². The maximum atomic E-state index is 13.4. The fourth-order valence-corrected chi connectivity index (χ4v) is 2.12. The molecule has 2 rings (SSSR count). The first kappa shape index (κ1) is 17.9. The van der Waals surface area contributed by atoms with Gasteiger partial charge in [-0.1, -0.05) is 12.1 Å². The monoisotopic (exact) mass is 394 g/mol. The average molecular weight is 395 g/mol. The van der Waals surface area contributed by atoms with E-state index in [1.807, 2.05) is 32.0 Å². The Morgan fingerprint density at radius 1 is 1.12 bits per heavy atom. The zero-order valence-corrected chi connectivity index (χ0v) is 14.7. The van der Waals surface area contributed by atoms with Crippen molar-refractivity contribution in [2.75, 3.05) is 6.61 Å². The van der Waals surface area contributed by atoms with Crippen LogP contribution in [0.5, 0.6) is 5.75 Å². The predicted octanol–water partition coefficient (Wildman–Crippen LogP) is 3.05. The highest BCUT2D eigenvalue weighted by molar-refractivity contribution is 9.10. The van der Waals surface area contributed by atoms with Gasteiger partial charge in [-0.2, -0.15) is 0 Å². The van der Waals surface area contributed by atoms with Crippen molar-refractivity contribution in [3.8, 4) is 5.75 Å². The topological polar surface area (TPSA) is 67.4 Å². The predicted molar refractivity (Wildman–Crippen MR) is 91.1 cm³/mol. The minimum Gasteiger partial charge on any atom is -0.483 e. The van der Waals surface area contributed by atoms with Crippen LogP contribution in [-0.4, -0.2) is 18.4 Å². The number of nitrogens with one attached hydrogen (secondary N) is 2. The molecule has 0 aliphatic heterocycles. The summed E-state index contributed by atoms with van der Waals surface area (Å²) in [5, 5.41) is 0. The number of carbonyl (C=O) groups excluding carboxylic acids is 2. The van der Waals surface area contributed by atoms with Gasteiger partial charge in [-0.05, 0) is 65.2 Å². The summed E-state index contributed by atoms with van der Waals surface area (Å²) in [5.41, 5.74) is 6.44. The molecule has 0 atom stereocenters. The van der Waals surface area contributed by atoms with Gasteiger partial charge in [0.05, 0.1) is 4.47 Å². The van der Waals surface area contributed by atoms with Crippen LogP contribution in [0, 0.1) is 19.7 Å². The molecule has 2 aromatic carbocycles. The van der Waals surface area contributed by atoms with E-state index in [0.29, 0.717) is 5.75 Å². The van der Waals surface area contributed by atoms with Crippen LogP contribution in [0.15, 0.2) is 40.9 Å². The molecule has 0 saturated carbocycles. The fraction of sp³-hybridized carbons (Fsp3) is 0.176. The highest BCUT2D eigenvalue weighted by Crippen LogP contribution is 2.19. The highest BCUT2D eigenvalue weighted by Gasteiger charge is 2.10. The maximum absolute atomic E-state index is 13.4.